The molecule has 1 aromatic rings. The molecule has 1 N–H and O–H groups in total. The van der Waals surface area contributed by atoms with Crippen LogP contribution in [0, 0.1) is 11.8 Å². The van der Waals surface area contributed by atoms with Crippen LogP contribution in [0.1, 0.15) is 44.6 Å². The highest BCUT2D eigenvalue weighted by molar-refractivity contribution is 5.81. The maximum Gasteiger partial charge on any atom is 0.224 e. The predicted octanol–water partition coefficient (Wildman–Crippen LogP) is 2.66. The van der Waals surface area contributed by atoms with Gasteiger partial charge in [-0.05, 0) is 43.7 Å². The molecule has 0 aliphatic carbocycles. The Morgan fingerprint density at radius 1 is 1.07 bits per heavy atom. The van der Waals surface area contributed by atoms with Crippen LogP contribution < -0.4 is 5.32 Å². The van der Waals surface area contributed by atoms with Crippen LogP contribution >= 0.6 is 0 Å². The number of carbonyl (C=O) groups excluding carboxylic acids is 2. The lowest BCUT2D eigenvalue weighted by Gasteiger charge is -2.34. The minimum absolute atomic E-state index is 0.0433. The molecule has 0 aromatic heterocycles. The molecule has 2 aliphatic rings. The minimum Gasteiger partial charge on any atom is -0.355 e. The summed E-state index contributed by atoms with van der Waals surface area (Å²) in [4.78, 5) is 28.9. The Hall–Kier alpha value is -1.88. The van der Waals surface area contributed by atoms with Crippen LogP contribution in [-0.4, -0.2) is 54.3 Å². The van der Waals surface area contributed by atoms with Gasteiger partial charge in [-0.25, -0.2) is 0 Å². The van der Waals surface area contributed by atoms with Crippen molar-refractivity contribution in [3.63, 3.8) is 0 Å². The van der Waals surface area contributed by atoms with Gasteiger partial charge < -0.3 is 10.2 Å². The molecule has 3 rings (SSSR count). The van der Waals surface area contributed by atoms with Crippen LogP contribution in [0.15, 0.2) is 30.3 Å². The molecule has 1 aromatic carbocycles. The molecule has 0 spiro atoms. The first-order chi connectivity index (χ1) is 13.2. The Kier molecular flexibility index (Phi) is 7.27. The van der Waals surface area contributed by atoms with Crippen LogP contribution in [0.25, 0.3) is 0 Å². The summed E-state index contributed by atoms with van der Waals surface area (Å²) in [5.74, 6) is 0.766. The smallest absolute Gasteiger partial charge is 0.224 e. The van der Waals surface area contributed by atoms with Gasteiger partial charge in [-0.15, -0.1) is 0 Å². The molecular weight excluding hydrogens is 338 g/mol. The number of amides is 2. The molecule has 0 radical (unpaired) electrons. The molecule has 27 heavy (non-hydrogen) atoms. The highest BCUT2D eigenvalue weighted by atomic mass is 16.2. The normalized spacial score (nSPS) is 23.8. The maximum absolute atomic E-state index is 12.6. The van der Waals surface area contributed by atoms with Crippen molar-refractivity contribution in [1.82, 2.24) is 15.1 Å². The van der Waals surface area contributed by atoms with E-state index < -0.39 is 0 Å². The molecule has 2 atom stereocenters. The van der Waals surface area contributed by atoms with Crippen molar-refractivity contribution in [2.45, 2.75) is 45.6 Å². The number of likely N-dealkylation sites (tertiary alicyclic amines) is 2. The van der Waals surface area contributed by atoms with E-state index in [9.17, 15) is 9.59 Å². The summed E-state index contributed by atoms with van der Waals surface area (Å²) in [6, 6.07) is 10.6. The zero-order valence-corrected chi connectivity index (χ0v) is 16.5. The lowest BCUT2D eigenvalue weighted by molar-refractivity contribution is -0.135. The summed E-state index contributed by atoms with van der Waals surface area (Å²) in [5.41, 5.74) is 1.35. The fourth-order valence-electron chi connectivity index (χ4n) is 4.33. The van der Waals surface area contributed by atoms with Crippen LogP contribution in [0.4, 0.5) is 0 Å². The second kappa shape index (κ2) is 9.88. The van der Waals surface area contributed by atoms with E-state index in [2.05, 4.69) is 40.5 Å². The zero-order chi connectivity index (χ0) is 19.1. The lowest BCUT2D eigenvalue weighted by Crippen LogP contribution is -2.47. The summed E-state index contributed by atoms with van der Waals surface area (Å²) in [6.07, 6.45) is 4.71. The number of piperidine rings is 2. The molecule has 2 saturated heterocycles. The van der Waals surface area contributed by atoms with Crippen molar-refractivity contribution >= 4 is 11.8 Å². The molecular formula is C22H33N3O2. The van der Waals surface area contributed by atoms with Gasteiger partial charge in [-0.2, -0.15) is 0 Å². The first-order valence-corrected chi connectivity index (χ1v) is 10.5. The predicted molar refractivity (Wildman–Crippen MR) is 107 cm³/mol. The van der Waals surface area contributed by atoms with E-state index in [1.54, 1.807) is 0 Å². The number of hydrogen-bond donors (Lipinski definition) is 1. The van der Waals surface area contributed by atoms with Gasteiger partial charge in [0.2, 0.25) is 11.8 Å². The second-order valence-electron chi connectivity index (χ2n) is 8.01. The van der Waals surface area contributed by atoms with Crippen LogP contribution in [-0.2, 0) is 16.1 Å². The molecule has 2 fully saturated rings. The molecule has 5 heteroatoms. The van der Waals surface area contributed by atoms with Gasteiger partial charge in [-0.3, -0.25) is 14.5 Å². The molecule has 2 amide bonds. The van der Waals surface area contributed by atoms with E-state index in [4.69, 9.17) is 0 Å². The fraction of sp³-hybridized carbons (Fsp3) is 0.636. The maximum atomic E-state index is 12.6. The third-order valence-electron chi connectivity index (χ3n) is 5.86. The number of benzene rings is 1. The zero-order valence-electron chi connectivity index (χ0n) is 16.5. The number of carbonyl (C=O) groups is 2. The van der Waals surface area contributed by atoms with E-state index in [-0.39, 0.29) is 17.7 Å². The molecule has 148 valence electrons. The van der Waals surface area contributed by atoms with E-state index in [1.165, 1.54) is 18.4 Å². The summed E-state index contributed by atoms with van der Waals surface area (Å²) in [5, 5.41) is 3.18. The Morgan fingerprint density at radius 3 is 2.63 bits per heavy atom. The average molecular weight is 372 g/mol. The minimum atomic E-state index is -0.0433. The van der Waals surface area contributed by atoms with Gasteiger partial charge in [0.15, 0.2) is 0 Å². The second-order valence-corrected chi connectivity index (χ2v) is 8.01. The summed E-state index contributed by atoms with van der Waals surface area (Å²) in [6.45, 7) is 7.19. The van der Waals surface area contributed by atoms with Crippen molar-refractivity contribution in [2.24, 2.45) is 11.8 Å². The largest absolute Gasteiger partial charge is 0.355 e. The molecule has 0 saturated carbocycles. The van der Waals surface area contributed by atoms with E-state index in [1.807, 2.05) is 11.8 Å². The van der Waals surface area contributed by atoms with Crippen molar-refractivity contribution in [3.8, 4) is 0 Å². The van der Waals surface area contributed by atoms with Crippen LogP contribution in [0.5, 0.6) is 0 Å². The molecule has 2 aliphatic heterocycles. The van der Waals surface area contributed by atoms with Crippen molar-refractivity contribution in [1.29, 1.82) is 0 Å². The molecule has 0 unspecified atom stereocenters. The van der Waals surface area contributed by atoms with E-state index in [0.29, 0.717) is 18.9 Å². The topological polar surface area (TPSA) is 52.7 Å². The number of rotatable bonds is 6. The van der Waals surface area contributed by atoms with Gasteiger partial charge >= 0.3 is 0 Å². The quantitative estimate of drug-likeness (QED) is 0.836. The summed E-state index contributed by atoms with van der Waals surface area (Å²) >= 11 is 0. The highest BCUT2D eigenvalue weighted by Crippen LogP contribution is 2.20. The summed E-state index contributed by atoms with van der Waals surface area (Å²) < 4.78 is 0. The van der Waals surface area contributed by atoms with Gasteiger partial charge in [0.25, 0.3) is 0 Å². The van der Waals surface area contributed by atoms with Crippen LogP contribution in [0.3, 0.4) is 0 Å². The van der Waals surface area contributed by atoms with Crippen LogP contribution in [0.2, 0.25) is 0 Å². The highest BCUT2D eigenvalue weighted by Gasteiger charge is 2.28. The molecule has 0 bridgehead atoms. The van der Waals surface area contributed by atoms with Crippen molar-refractivity contribution in [2.75, 3.05) is 32.7 Å². The monoisotopic (exact) mass is 371 g/mol. The van der Waals surface area contributed by atoms with Gasteiger partial charge in [0, 0.05) is 39.1 Å². The first-order valence-electron chi connectivity index (χ1n) is 10.5. The summed E-state index contributed by atoms with van der Waals surface area (Å²) in [7, 11) is 0. The van der Waals surface area contributed by atoms with Gasteiger partial charge in [0.1, 0.15) is 0 Å². The number of hydrogen-bond acceptors (Lipinski definition) is 3. The first kappa shape index (κ1) is 19.9. The number of nitrogens with zero attached hydrogens (tertiary/aromatic N) is 2. The average Bonchev–Trinajstić information content (AvgIpc) is 2.72. The Morgan fingerprint density at radius 2 is 1.85 bits per heavy atom. The van der Waals surface area contributed by atoms with Gasteiger partial charge in [0.05, 0.1) is 5.92 Å². The Bertz CT molecular complexity index is 619. The Labute approximate surface area is 163 Å². The van der Waals surface area contributed by atoms with E-state index >= 15 is 0 Å². The van der Waals surface area contributed by atoms with Crippen molar-refractivity contribution < 1.29 is 9.59 Å². The molecule has 2 heterocycles. The third-order valence-corrected chi connectivity index (χ3v) is 5.86. The third kappa shape index (κ3) is 5.80. The Balaban J connectivity index is 1.43. The standard InChI is InChI=1S/C22H33N3O2/c1-2-21(26)25-13-7-11-20(17-25)22(27)23-14-19-10-6-12-24(16-19)15-18-8-4-3-5-9-18/h3-5,8-9,19-20H,2,6-7,10-17H2,1H3,(H,23,27)/t19-,20-/m0/s1. The van der Waals surface area contributed by atoms with E-state index in [0.717, 1.165) is 45.6 Å². The lowest BCUT2D eigenvalue weighted by atomic mass is 9.95. The van der Waals surface area contributed by atoms with Gasteiger partial charge in [-0.1, -0.05) is 37.3 Å². The SMILES string of the molecule is CCC(=O)N1CCC[C@H](C(=O)NC[C@@H]2CCCN(Cc3ccccc3)C2)C1. The van der Waals surface area contributed by atoms with Crippen molar-refractivity contribution in [3.05, 3.63) is 35.9 Å². The fourth-order valence-corrected chi connectivity index (χ4v) is 4.33. The number of nitrogens with one attached hydrogen (secondary N) is 1. The molecule has 5 nitrogen and oxygen atoms in total.